The average molecular weight is 396 g/mol. The molecular weight excluding hydrogens is 379 g/mol. The molecule has 0 saturated heterocycles. The van der Waals surface area contributed by atoms with Gasteiger partial charge in [-0.2, -0.15) is 5.26 Å². The van der Waals surface area contributed by atoms with E-state index in [9.17, 15) is 14.4 Å². The molecule has 4 aromatic rings. The number of pyridine rings is 1. The van der Waals surface area contributed by atoms with Crippen LogP contribution < -0.4 is 5.56 Å². The summed E-state index contributed by atoms with van der Waals surface area (Å²) in [6.07, 6.45) is 5.08. The second-order valence-corrected chi connectivity index (χ2v) is 6.92. The van der Waals surface area contributed by atoms with Gasteiger partial charge in [-0.05, 0) is 68.0 Å². The first-order valence-electron chi connectivity index (χ1n) is 9.31. The van der Waals surface area contributed by atoms with Crippen molar-refractivity contribution in [3.05, 3.63) is 99.1 Å². The summed E-state index contributed by atoms with van der Waals surface area (Å²) < 4.78 is 15.2. The van der Waals surface area contributed by atoms with Crippen LogP contribution in [0, 0.1) is 31.0 Å². The second kappa shape index (κ2) is 7.72. The van der Waals surface area contributed by atoms with Crippen molar-refractivity contribution in [1.29, 1.82) is 5.26 Å². The maximum absolute atomic E-state index is 13.8. The zero-order chi connectivity index (χ0) is 21.3. The predicted octanol–water partition coefficient (Wildman–Crippen LogP) is 4.58. The van der Waals surface area contributed by atoms with Crippen molar-refractivity contribution in [2.75, 3.05) is 0 Å². The summed E-state index contributed by atoms with van der Waals surface area (Å²) in [5, 5.41) is 9.57. The normalized spacial score (nSPS) is 11.1. The van der Waals surface area contributed by atoms with Crippen molar-refractivity contribution in [3.63, 3.8) is 0 Å². The molecule has 2 aromatic carbocycles. The van der Waals surface area contributed by atoms with Crippen molar-refractivity contribution in [2.45, 2.75) is 13.8 Å². The van der Waals surface area contributed by atoms with Crippen LogP contribution >= 0.6 is 0 Å². The Morgan fingerprint density at radius 1 is 1.10 bits per heavy atom. The fraction of sp³-hybridized carbons (Fsp3) is 0.0833. The van der Waals surface area contributed by atoms with E-state index >= 15 is 0 Å². The minimum atomic E-state index is -0.502. The molecule has 0 unspecified atom stereocenters. The minimum Gasteiger partial charge on any atom is -0.268 e. The Bertz CT molecular complexity index is 1410. The first-order valence-corrected chi connectivity index (χ1v) is 9.31. The third-order valence-corrected chi connectivity index (χ3v) is 4.82. The molecule has 4 rings (SSSR count). The lowest BCUT2D eigenvalue weighted by Gasteiger charge is -2.13. The largest absolute Gasteiger partial charge is 0.268 e. The summed E-state index contributed by atoms with van der Waals surface area (Å²) in [5.74, 6) is -0.141. The van der Waals surface area contributed by atoms with E-state index in [0.29, 0.717) is 28.3 Å². The molecule has 0 aliphatic carbocycles. The lowest BCUT2D eigenvalue weighted by molar-refractivity contribution is 0.629. The van der Waals surface area contributed by atoms with Gasteiger partial charge in [-0.3, -0.25) is 14.3 Å². The number of aryl methyl sites for hydroxylation is 2. The van der Waals surface area contributed by atoms with E-state index in [1.165, 1.54) is 22.8 Å². The van der Waals surface area contributed by atoms with Crippen molar-refractivity contribution >= 4 is 23.1 Å². The molecule has 2 heterocycles. The highest BCUT2D eigenvalue weighted by Crippen LogP contribution is 2.19. The Morgan fingerprint density at radius 2 is 1.93 bits per heavy atom. The van der Waals surface area contributed by atoms with E-state index in [2.05, 4.69) is 16.0 Å². The monoisotopic (exact) mass is 396 g/mol. The van der Waals surface area contributed by atoms with Crippen LogP contribution in [0.15, 0.2) is 59.5 Å². The smallest absolute Gasteiger partial charge is 0.266 e. The molecule has 6 heteroatoms. The van der Waals surface area contributed by atoms with Crippen molar-refractivity contribution in [2.24, 2.45) is 0 Å². The fourth-order valence-electron chi connectivity index (χ4n) is 3.32. The van der Waals surface area contributed by atoms with Gasteiger partial charge in [-0.1, -0.05) is 17.7 Å². The number of nitrogens with zero attached hydrogens (tertiary/aromatic N) is 4. The number of rotatable bonds is 3. The lowest BCUT2D eigenvalue weighted by atomic mass is 10.0. The van der Waals surface area contributed by atoms with Gasteiger partial charge in [0, 0.05) is 6.20 Å². The Hall–Kier alpha value is -4.11. The molecule has 146 valence electrons. The third kappa shape index (κ3) is 3.49. The molecule has 0 fully saturated rings. The number of aromatic nitrogens is 3. The van der Waals surface area contributed by atoms with Crippen LogP contribution in [0.4, 0.5) is 4.39 Å². The maximum Gasteiger partial charge on any atom is 0.266 e. The minimum absolute atomic E-state index is 0.184. The van der Waals surface area contributed by atoms with Gasteiger partial charge < -0.3 is 0 Å². The zero-order valence-electron chi connectivity index (χ0n) is 16.4. The summed E-state index contributed by atoms with van der Waals surface area (Å²) in [6, 6.07) is 15.1. The van der Waals surface area contributed by atoms with Crippen LogP contribution in [0.3, 0.4) is 0 Å². The summed E-state index contributed by atoms with van der Waals surface area (Å²) in [6.45, 7) is 3.73. The quantitative estimate of drug-likeness (QED) is 0.508. The first kappa shape index (κ1) is 19.2. The first-order chi connectivity index (χ1) is 14.5. The Morgan fingerprint density at radius 3 is 2.70 bits per heavy atom. The molecule has 5 nitrogen and oxygen atoms in total. The maximum atomic E-state index is 13.8. The highest BCUT2D eigenvalue weighted by atomic mass is 19.1. The van der Waals surface area contributed by atoms with Gasteiger partial charge in [0.15, 0.2) is 0 Å². The number of hydrogen-bond acceptors (Lipinski definition) is 4. The van der Waals surface area contributed by atoms with E-state index in [1.807, 2.05) is 19.1 Å². The topological polar surface area (TPSA) is 71.6 Å². The van der Waals surface area contributed by atoms with Crippen LogP contribution in [0.2, 0.25) is 0 Å². The standard InChI is InChI=1S/C24H17FN4O/c1-15-5-6-18(14-26)17(12-15)7-10-23-28-21-9-8-19(25)13-20(21)24(30)29(23)22-4-3-11-27-16(22)2/h3-13H,1-2H3/b10-7+. The molecule has 2 aromatic heterocycles. The average Bonchev–Trinajstić information content (AvgIpc) is 2.74. The van der Waals surface area contributed by atoms with Crippen molar-refractivity contribution in [1.82, 2.24) is 14.5 Å². The van der Waals surface area contributed by atoms with Crippen molar-refractivity contribution < 1.29 is 4.39 Å². The number of nitriles is 1. The summed E-state index contributed by atoms with van der Waals surface area (Å²) >= 11 is 0. The van der Waals surface area contributed by atoms with E-state index in [0.717, 1.165) is 11.1 Å². The number of fused-ring (bicyclic) bond motifs is 1. The van der Waals surface area contributed by atoms with E-state index in [-0.39, 0.29) is 10.9 Å². The van der Waals surface area contributed by atoms with Crippen LogP contribution in [-0.2, 0) is 0 Å². The van der Waals surface area contributed by atoms with Gasteiger partial charge in [-0.15, -0.1) is 0 Å². The van der Waals surface area contributed by atoms with Crippen LogP contribution in [0.1, 0.15) is 28.2 Å². The molecular formula is C24H17FN4O. The Kier molecular flexibility index (Phi) is 4.95. The van der Waals surface area contributed by atoms with Crippen LogP contribution in [0.25, 0.3) is 28.7 Å². The molecule has 0 atom stereocenters. The van der Waals surface area contributed by atoms with Gasteiger partial charge >= 0.3 is 0 Å². The number of halogens is 1. The number of benzene rings is 2. The Labute approximate surface area is 172 Å². The third-order valence-electron chi connectivity index (χ3n) is 4.82. The highest BCUT2D eigenvalue weighted by molar-refractivity contribution is 5.80. The SMILES string of the molecule is Cc1ccc(C#N)c(/C=C/c2nc3ccc(F)cc3c(=O)n2-c2cccnc2C)c1. The van der Waals surface area contributed by atoms with Gasteiger partial charge in [-0.25, -0.2) is 9.37 Å². The molecule has 0 N–H and O–H groups in total. The summed E-state index contributed by atoms with van der Waals surface area (Å²) in [5.41, 5.74) is 3.46. The summed E-state index contributed by atoms with van der Waals surface area (Å²) in [7, 11) is 0. The van der Waals surface area contributed by atoms with Gasteiger partial charge in [0.25, 0.3) is 5.56 Å². The molecule has 0 radical (unpaired) electrons. The van der Waals surface area contributed by atoms with Gasteiger partial charge in [0.05, 0.1) is 33.9 Å². The molecule has 30 heavy (non-hydrogen) atoms. The van der Waals surface area contributed by atoms with Gasteiger partial charge in [0.1, 0.15) is 11.6 Å². The van der Waals surface area contributed by atoms with Gasteiger partial charge in [0.2, 0.25) is 0 Å². The molecule has 0 aliphatic rings. The molecule has 0 spiro atoms. The summed E-state index contributed by atoms with van der Waals surface area (Å²) in [4.78, 5) is 22.1. The van der Waals surface area contributed by atoms with E-state index in [1.54, 1.807) is 43.5 Å². The lowest BCUT2D eigenvalue weighted by Crippen LogP contribution is -2.23. The predicted molar refractivity (Wildman–Crippen MR) is 115 cm³/mol. The molecule has 0 bridgehead atoms. The fourth-order valence-corrected chi connectivity index (χ4v) is 3.32. The van der Waals surface area contributed by atoms with Crippen molar-refractivity contribution in [3.8, 4) is 11.8 Å². The molecule has 0 amide bonds. The zero-order valence-corrected chi connectivity index (χ0v) is 16.4. The van der Waals surface area contributed by atoms with E-state index in [4.69, 9.17) is 0 Å². The highest BCUT2D eigenvalue weighted by Gasteiger charge is 2.14. The van der Waals surface area contributed by atoms with Crippen LogP contribution in [0.5, 0.6) is 0 Å². The molecule has 0 aliphatic heterocycles. The molecule has 0 saturated carbocycles. The second-order valence-electron chi connectivity index (χ2n) is 6.92. The number of hydrogen-bond donors (Lipinski definition) is 0. The van der Waals surface area contributed by atoms with Crippen LogP contribution in [-0.4, -0.2) is 14.5 Å². The van der Waals surface area contributed by atoms with E-state index < -0.39 is 5.82 Å². The Balaban J connectivity index is 2.00.